The minimum absolute atomic E-state index is 0.819. The van der Waals surface area contributed by atoms with Crippen LogP contribution in [0.3, 0.4) is 0 Å². The van der Waals surface area contributed by atoms with Crippen molar-refractivity contribution in [1.29, 1.82) is 0 Å². The van der Waals surface area contributed by atoms with E-state index in [-0.39, 0.29) is 0 Å². The quantitative estimate of drug-likeness (QED) is 0.0539. The van der Waals surface area contributed by atoms with Crippen molar-refractivity contribution in [2.24, 2.45) is 5.41 Å². The minimum atomic E-state index is 0.819. The number of unbranched alkanes of at least 4 members (excludes halogenated alkanes) is 47. The van der Waals surface area contributed by atoms with Gasteiger partial charge in [0.15, 0.2) is 0 Å². The fourth-order valence-electron chi connectivity index (χ4n) is 9.90. The Bertz CT molecular complexity index is 688. The predicted molar refractivity (Wildman–Crippen MR) is 258 cm³/mol. The van der Waals surface area contributed by atoms with Crippen molar-refractivity contribution in [3.05, 3.63) is 0 Å². The van der Waals surface area contributed by atoms with Crippen LogP contribution in [0.5, 0.6) is 0 Å². The van der Waals surface area contributed by atoms with Gasteiger partial charge in [-0.1, -0.05) is 328 Å². The molecule has 0 heteroatoms. The van der Waals surface area contributed by atoms with Gasteiger partial charge in [0.25, 0.3) is 0 Å². The van der Waals surface area contributed by atoms with E-state index in [1.54, 1.807) is 25.7 Å². The van der Waals surface area contributed by atoms with Crippen molar-refractivity contribution in [1.82, 2.24) is 0 Å². The number of hydrogen-bond acceptors (Lipinski definition) is 0. The maximum atomic E-state index is 2.31. The Morgan fingerprint density at radius 3 is 0.429 bits per heavy atom. The third kappa shape index (κ3) is 42.1. The zero-order valence-electron chi connectivity index (χ0n) is 40.0. The fraction of sp³-hybridized carbons (Fsp3) is 1.00. The van der Waals surface area contributed by atoms with E-state index in [0.717, 1.165) is 5.41 Å². The highest BCUT2D eigenvalue weighted by atomic mass is 14.5. The Morgan fingerprint density at radius 1 is 0.179 bits per heavy atom. The Morgan fingerprint density at radius 2 is 0.304 bits per heavy atom. The van der Waals surface area contributed by atoms with E-state index in [4.69, 9.17) is 0 Å². The summed E-state index contributed by atoms with van der Waals surface area (Å²) in [6, 6.07) is 0. The summed E-state index contributed by atoms with van der Waals surface area (Å²) < 4.78 is 0. The van der Waals surface area contributed by atoms with Crippen LogP contribution in [0.25, 0.3) is 0 Å². The number of rotatable bonds is 51. The van der Waals surface area contributed by atoms with Crippen LogP contribution in [0.1, 0.15) is 354 Å². The van der Waals surface area contributed by atoms with E-state index in [1.807, 2.05) is 0 Å². The summed E-state index contributed by atoms with van der Waals surface area (Å²) in [5.74, 6) is 0. The molecule has 0 amide bonds. The Labute approximate surface area is 358 Å². The molecular formula is C56H112. The van der Waals surface area contributed by atoms with Crippen LogP contribution in [0.4, 0.5) is 0 Å². The van der Waals surface area contributed by atoms with Crippen LogP contribution in [0.15, 0.2) is 0 Å². The summed E-state index contributed by atoms with van der Waals surface area (Å²) in [6.45, 7) is 4.63. The largest absolute Gasteiger partial charge is 0.0654 e. The van der Waals surface area contributed by atoms with Gasteiger partial charge in [-0.15, -0.1) is 0 Å². The fourth-order valence-corrected chi connectivity index (χ4v) is 9.90. The van der Waals surface area contributed by atoms with E-state index >= 15 is 0 Å². The molecule has 0 unspecified atom stereocenters. The molecule has 1 aliphatic rings. The van der Waals surface area contributed by atoms with Crippen molar-refractivity contribution in [2.75, 3.05) is 0 Å². The van der Waals surface area contributed by atoms with Crippen molar-refractivity contribution >= 4 is 0 Å². The normalized spacial score (nSPS) is 13.6. The lowest BCUT2D eigenvalue weighted by Gasteiger charge is -2.14. The van der Waals surface area contributed by atoms with Crippen LogP contribution in [-0.4, -0.2) is 0 Å². The molecule has 1 fully saturated rings. The SMILES string of the molecule is CCCCCCCCCCCCCCCCCCCCCCCCCCCC1(CCCCCCCCCCCCCCCCCCCCCCCCCC)CC1. The molecule has 0 aromatic rings. The molecule has 0 bridgehead atoms. The van der Waals surface area contributed by atoms with Gasteiger partial charge in [0.05, 0.1) is 0 Å². The Balaban J connectivity index is 1.68. The molecule has 0 heterocycles. The molecule has 0 atom stereocenters. The van der Waals surface area contributed by atoms with Crippen LogP contribution < -0.4 is 0 Å². The third-order valence-corrected chi connectivity index (χ3v) is 14.3. The summed E-state index contributed by atoms with van der Waals surface area (Å²) in [7, 11) is 0. The molecule has 0 aliphatic heterocycles. The smallest absolute Gasteiger partial charge is 0.0297 e. The maximum absolute atomic E-state index is 2.31. The van der Waals surface area contributed by atoms with E-state index in [1.165, 1.54) is 315 Å². The first-order chi connectivity index (χ1) is 27.8. The van der Waals surface area contributed by atoms with Crippen molar-refractivity contribution in [2.45, 2.75) is 354 Å². The van der Waals surface area contributed by atoms with Crippen molar-refractivity contribution in [3.8, 4) is 0 Å². The Hall–Kier alpha value is 0. The Kier molecular flexibility index (Phi) is 44.4. The molecule has 0 N–H and O–H groups in total. The molecule has 0 spiro atoms. The van der Waals surface area contributed by atoms with Gasteiger partial charge in [0.2, 0.25) is 0 Å². The molecular weight excluding hydrogens is 673 g/mol. The second-order valence-electron chi connectivity index (χ2n) is 20.1. The molecule has 1 rings (SSSR count). The van der Waals surface area contributed by atoms with Gasteiger partial charge in [-0.2, -0.15) is 0 Å². The highest BCUT2D eigenvalue weighted by Gasteiger charge is 2.40. The molecule has 0 radical (unpaired) electrons. The zero-order chi connectivity index (χ0) is 40.0. The van der Waals surface area contributed by atoms with E-state index in [2.05, 4.69) is 13.8 Å². The molecule has 336 valence electrons. The standard InChI is InChI=1S/C56H112/c1-3-5-7-9-11-13-15-17-19-21-23-25-27-29-31-33-35-37-39-41-43-45-47-49-51-53-56(54-55-56)52-50-48-46-44-42-40-38-36-34-32-30-28-26-24-22-20-18-16-14-12-10-8-6-4-2/h3-55H2,1-2H3. The summed E-state index contributed by atoms with van der Waals surface area (Å²) in [5, 5.41) is 0. The zero-order valence-corrected chi connectivity index (χ0v) is 40.0. The summed E-state index contributed by atoms with van der Waals surface area (Å²) >= 11 is 0. The molecule has 1 saturated carbocycles. The van der Waals surface area contributed by atoms with Gasteiger partial charge in [-0.3, -0.25) is 0 Å². The molecule has 0 nitrogen and oxygen atoms in total. The molecule has 0 aromatic heterocycles. The summed E-state index contributed by atoms with van der Waals surface area (Å²) in [6.07, 6.45) is 79.3. The lowest BCUT2D eigenvalue weighted by molar-refractivity contribution is 0.382. The minimum Gasteiger partial charge on any atom is -0.0654 e. The van der Waals surface area contributed by atoms with Crippen LogP contribution in [-0.2, 0) is 0 Å². The van der Waals surface area contributed by atoms with Gasteiger partial charge in [0.1, 0.15) is 0 Å². The average Bonchev–Trinajstić information content (AvgIpc) is 3.99. The first kappa shape index (κ1) is 54.0. The molecule has 0 saturated heterocycles. The van der Waals surface area contributed by atoms with Crippen LogP contribution in [0.2, 0.25) is 0 Å². The molecule has 1 aliphatic carbocycles. The van der Waals surface area contributed by atoms with Gasteiger partial charge in [-0.05, 0) is 31.1 Å². The van der Waals surface area contributed by atoms with Gasteiger partial charge in [-0.25, -0.2) is 0 Å². The first-order valence-corrected chi connectivity index (χ1v) is 27.8. The molecule has 56 heavy (non-hydrogen) atoms. The van der Waals surface area contributed by atoms with Crippen LogP contribution in [0, 0.1) is 5.41 Å². The summed E-state index contributed by atoms with van der Waals surface area (Å²) in [4.78, 5) is 0. The van der Waals surface area contributed by atoms with Gasteiger partial charge >= 0.3 is 0 Å². The van der Waals surface area contributed by atoms with Crippen molar-refractivity contribution in [3.63, 3.8) is 0 Å². The highest BCUT2D eigenvalue weighted by molar-refractivity contribution is 4.92. The van der Waals surface area contributed by atoms with E-state index < -0.39 is 0 Å². The van der Waals surface area contributed by atoms with Gasteiger partial charge in [0, 0.05) is 0 Å². The topological polar surface area (TPSA) is 0 Å². The lowest BCUT2D eigenvalue weighted by Crippen LogP contribution is -2.00. The van der Waals surface area contributed by atoms with E-state index in [9.17, 15) is 0 Å². The van der Waals surface area contributed by atoms with E-state index in [0.29, 0.717) is 0 Å². The average molecular weight is 786 g/mol. The molecule has 0 aromatic carbocycles. The lowest BCUT2D eigenvalue weighted by atomic mass is 9.91. The monoisotopic (exact) mass is 785 g/mol. The van der Waals surface area contributed by atoms with Crippen LogP contribution >= 0.6 is 0 Å². The predicted octanol–water partition coefficient (Wildman–Crippen LogP) is 21.7. The highest BCUT2D eigenvalue weighted by Crippen LogP contribution is 2.53. The van der Waals surface area contributed by atoms with Gasteiger partial charge < -0.3 is 0 Å². The second-order valence-corrected chi connectivity index (χ2v) is 20.1. The third-order valence-electron chi connectivity index (χ3n) is 14.3. The maximum Gasteiger partial charge on any atom is -0.0297 e. The summed E-state index contributed by atoms with van der Waals surface area (Å²) in [5.41, 5.74) is 0.819. The number of hydrogen-bond donors (Lipinski definition) is 0. The van der Waals surface area contributed by atoms with Crippen molar-refractivity contribution < 1.29 is 0 Å². The first-order valence-electron chi connectivity index (χ1n) is 27.8. The second kappa shape index (κ2) is 46.1.